The van der Waals surface area contributed by atoms with E-state index < -0.39 is 17.1 Å². The molecular formula is C29H21BrClN3O4S2. The fraction of sp³-hybridized carbons (Fsp3) is 0.172. The fourth-order valence-electron chi connectivity index (χ4n) is 5.11. The fourth-order valence-corrected chi connectivity index (χ4v) is 8.27. The molecule has 3 heterocycles. The van der Waals surface area contributed by atoms with E-state index >= 15 is 0 Å². The first-order valence-corrected chi connectivity index (χ1v) is 15.2. The number of nitrogens with one attached hydrogen (secondary N) is 1. The third-order valence-corrected chi connectivity index (χ3v) is 10.4. The van der Waals surface area contributed by atoms with E-state index in [2.05, 4.69) is 21.2 Å². The van der Waals surface area contributed by atoms with E-state index in [1.54, 1.807) is 36.4 Å². The topological polar surface area (TPSA) is 88.5 Å². The van der Waals surface area contributed by atoms with Gasteiger partial charge in [0, 0.05) is 26.0 Å². The van der Waals surface area contributed by atoms with Crippen molar-refractivity contribution >= 4 is 79.7 Å². The predicted octanol–water partition coefficient (Wildman–Crippen LogP) is 6.07. The van der Waals surface area contributed by atoms with Gasteiger partial charge in [-0.15, -0.1) is 0 Å². The number of aromatic nitrogens is 1. The second-order valence-corrected chi connectivity index (χ2v) is 13.1. The van der Waals surface area contributed by atoms with Gasteiger partial charge in [-0.05, 0) is 61.0 Å². The van der Waals surface area contributed by atoms with Gasteiger partial charge in [0.1, 0.15) is 11.8 Å². The molecule has 1 N–H and O–H groups in total. The number of rotatable bonds is 5. The van der Waals surface area contributed by atoms with Crippen molar-refractivity contribution in [3.8, 4) is 0 Å². The van der Waals surface area contributed by atoms with Crippen LogP contribution in [-0.4, -0.2) is 27.5 Å². The lowest BCUT2D eigenvalue weighted by Gasteiger charge is -2.30. The number of fused-ring (bicyclic) bond motifs is 2. The number of carbonyl (C=O) groups excluding carboxylic acids is 3. The molecule has 3 aromatic carbocycles. The molecule has 3 atom stereocenters. The van der Waals surface area contributed by atoms with Gasteiger partial charge in [0.05, 0.1) is 16.6 Å². The normalized spacial score (nSPS) is 19.9. The molecule has 3 amide bonds. The lowest BCUT2D eigenvalue weighted by molar-refractivity contribution is -0.122. The molecule has 0 aliphatic carbocycles. The summed E-state index contributed by atoms with van der Waals surface area (Å²) >= 11 is 11.6. The van der Waals surface area contributed by atoms with Crippen LogP contribution in [0, 0.1) is 12.8 Å². The minimum absolute atomic E-state index is 0.228. The van der Waals surface area contributed by atoms with E-state index in [-0.39, 0.29) is 29.1 Å². The molecule has 0 bridgehead atoms. The van der Waals surface area contributed by atoms with Crippen molar-refractivity contribution in [1.82, 2.24) is 4.57 Å². The van der Waals surface area contributed by atoms with Crippen molar-refractivity contribution in [1.29, 1.82) is 0 Å². The Bertz CT molecular complexity index is 1700. The third kappa shape index (κ3) is 4.83. The van der Waals surface area contributed by atoms with Crippen LogP contribution in [0.3, 0.4) is 0 Å². The van der Waals surface area contributed by atoms with Crippen LogP contribution in [0.5, 0.6) is 0 Å². The summed E-state index contributed by atoms with van der Waals surface area (Å²) in [5.74, 6) is -2.21. The maximum Gasteiger partial charge on any atom is 0.308 e. The molecule has 11 heteroatoms. The van der Waals surface area contributed by atoms with E-state index in [1.165, 1.54) is 21.2 Å². The first-order valence-electron chi connectivity index (χ1n) is 12.4. The lowest BCUT2D eigenvalue weighted by atomic mass is 9.83. The number of anilines is 2. The highest BCUT2D eigenvalue weighted by molar-refractivity contribution is 9.10. The Morgan fingerprint density at radius 1 is 0.950 bits per heavy atom. The van der Waals surface area contributed by atoms with Gasteiger partial charge in [0.25, 0.3) is 0 Å². The van der Waals surface area contributed by atoms with Crippen molar-refractivity contribution in [3.63, 3.8) is 0 Å². The van der Waals surface area contributed by atoms with Crippen LogP contribution < -0.4 is 15.1 Å². The first kappa shape index (κ1) is 27.0. The van der Waals surface area contributed by atoms with Gasteiger partial charge >= 0.3 is 4.87 Å². The zero-order valence-corrected chi connectivity index (χ0v) is 24.9. The second kappa shape index (κ2) is 10.7. The maximum atomic E-state index is 13.9. The standard InChI is InChI=1S/C29H21BrClN3O4S2/c1-15-2-12-20(13-3-15)34-26(36)23-22(16-4-6-17(30)7-5-16)25-28(39-24(23)27(34)37)33(29(38)40-25)14-21(35)32-19-10-8-18(31)9-11-19/h2-13,22-24H,14H2,1H3,(H,32,35)/t22-,23-,24+/m0/s1. The summed E-state index contributed by atoms with van der Waals surface area (Å²) in [6.45, 7) is 1.71. The van der Waals surface area contributed by atoms with Crippen molar-refractivity contribution in [2.45, 2.75) is 29.7 Å². The number of amides is 3. The molecule has 4 aromatic rings. The molecule has 0 saturated carbocycles. The molecule has 40 heavy (non-hydrogen) atoms. The molecule has 1 fully saturated rings. The van der Waals surface area contributed by atoms with Crippen molar-refractivity contribution in [3.05, 3.63) is 108 Å². The zero-order chi connectivity index (χ0) is 28.1. The first-order chi connectivity index (χ1) is 19.2. The van der Waals surface area contributed by atoms with Crippen LogP contribution in [0.1, 0.15) is 21.9 Å². The van der Waals surface area contributed by atoms with Crippen LogP contribution in [0.15, 0.2) is 87.1 Å². The van der Waals surface area contributed by atoms with Crippen LogP contribution in [0.25, 0.3) is 0 Å². The summed E-state index contributed by atoms with van der Waals surface area (Å²) in [5.41, 5.74) is 2.92. The van der Waals surface area contributed by atoms with Gasteiger partial charge in [0.2, 0.25) is 17.7 Å². The van der Waals surface area contributed by atoms with E-state index in [0.29, 0.717) is 26.3 Å². The molecular weight excluding hydrogens is 634 g/mol. The monoisotopic (exact) mass is 653 g/mol. The van der Waals surface area contributed by atoms with E-state index in [1.807, 2.05) is 43.3 Å². The maximum absolute atomic E-state index is 13.9. The van der Waals surface area contributed by atoms with Gasteiger partial charge in [-0.2, -0.15) is 0 Å². The number of thioether (sulfide) groups is 1. The molecule has 1 saturated heterocycles. The number of benzene rings is 3. The highest BCUT2D eigenvalue weighted by Crippen LogP contribution is 2.54. The molecule has 2 aliphatic rings. The number of carbonyl (C=O) groups is 3. The summed E-state index contributed by atoms with van der Waals surface area (Å²) < 4.78 is 2.28. The highest BCUT2D eigenvalue weighted by atomic mass is 79.9. The predicted molar refractivity (Wildman–Crippen MR) is 161 cm³/mol. The minimum atomic E-state index is -0.741. The average molecular weight is 655 g/mol. The largest absolute Gasteiger partial charge is 0.325 e. The smallest absolute Gasteiger partial charge is 0.308 e. The van der Waals surface area contributed by atoms with Gasteiger partial charge in [-0.25, -0.2) is 4.90 Å². The van der Waals surface area contributed by atoms with Crippen LogP contribution >= 0.6 is 50.6 Å². The third-order valence-electron chi connectivity index (χ3n) is 7.00. The van der Waals surface area contributed by atoms with Crippen molar-refractivity contribution < 1.29 is 14.4 Å². The Labute approximate surface area is 251 Å². The number of aryl methyl sites for hydroxylation is 1. The molecule has 1 aromatic heterocycles. The highest BCUT2D eigenvalue weighted by Gasteiger charge is 2.56. The number of imide groups is 1. The van der Waals surface area contributed by atoms with Gasteiger partial charge in [0.15, 0.2) is 0 Å². The minimum Gasteiger partial charge on any atom is -0.325 e. The summed E-state index contributed by atoms with van der Waals surface area (Å²) in [5, 5.41) is 3.14. The van der Waals surface area contributed by atoms with Gasteiger partial charge in [-0.1, -0.05) is 80.5 Å². The van der Waals surface area contributed by atoms with Gasteiger partial charge in [-0.3, -0.25) is 23.7 Å². The molecule has 6 rings (SSSR count). The van der Waals surface area contributed by atoms with Crippen LogP contribution in [-0.2, 0) is 20.9 Å². The van der Waals surface area contributed by atoms with E-state index in [0.717, 1.165) is 26.9 Å². The Morgan fingerprint density at radius 2 is 1.62 bits per heavy atom. The van der Waals surface area contributed by atoms with E-state index in [4.69, 9.17) is 11.6 Å². The molecule has 202 valence electrons. The number of nitrogens with zero attached hydrogens (tertiary/aromatic N) is 2. The Kier molecular flexibility index (Phi) is 7.20. The average Bonchev–Trinajstić information content (AvgIpc) is 3.37. The molecule has 0 unspecified atom stereocenters. The zero-order valence-electron chi connectivity index (χ0n) is 21.0. The number of halogens is 2. The molecule has 0 spiro atoms. The Hall–Kier alpha value is -3.18. The summed E-state index contributed by atoms with van der Waals surface area (Å²) in [4.78, 5) is 55.6. The summed E-state index contributed by atoms with van der Waals surface area (Å²) in [6.07, 6.45) is 0. The number of thiazole rings is 1. The summed E-state index contributed by atoms with van der Waals surface area (Å²) in [7, 11) is 0. The lowest BCUT2D eigenvalue weighted by Crippen LogP contribution is -2.33. The number of hydrogen-bond acceptors (Lipinski definition) is 6. The van der Waals surface area contributed by atoms with Crippen LogP contribution in [0.2, 0.25) is 5.02 Å². The SMILES string of the molecule is Cc1ccc(N2C(=O)[C@H]3[C@H](c4ccc(Br)cc4)c4sc(=O)n(CC(=O)Nc5ccc(Cl)cc5)c4S[C@H]3C2=O)cc1. The van der Waals surface area contributed by atoms with Gasteiger partial charge < -0.3 is 5.32 Å². The summed E-state index contributed by atoms with van der Waals surface area (Å²) in [6, 6.07) is 21.5. The Morgan fingerprint density at radius 3 is 2.30 bits per heavy atom. The Balaban J connectivity index is 1.40. The van der Waals surface area contributed by atoms with Crippen molar-refractivity contribution in [2.24, 2.45) is 5.92 Å². The second-order valence-electron chi connectivity index (χ2n) is 9.62. The number of hydrogen-bond donors (Lipinski definition) is 1. The molecule has 7 nitrogen and oxygen atoms in total. The van der Waals surface area contributed by atoms with Crippen LogP contribution in [0.4, 0.5) is 11.4 Å². The quantitative estimate of drug-likeness (QED) is 0.264. The van der Waals surface area contributed by atoms with E-state index in [9.17, 15) is 19.2 Å². The molecule has 0 radical (unpaired) electrons. The molecule has 2 aliphatic heterocycles. The van der Waals surface area contributed by atoms with Crippen molar-refractivity contribution in [2.75, 3.05) is 10.2 Å².